The maximum atomic E-state index is 11.7. The van der Waals surface area contributed by atoms with Crippen molar-refractivity contribution in [3.8, 4) is 0 Å². The van der Waals surface area contributed by atoms with Crippen molar-refractivity contribution >= 4 is 15.5 Å². The molecule has 5 heteroatoms. The predicted octanol–water partition coefficient (Wildman–Crippen LogP) is 2.44. The fourth-order valence-corrected chi connectivity index (χ4v) is 3.44. The Hall–Kier alpha value is -1.07. The minimum absolute atomic E-state index is 0.121. The number of sulfone groups is 1. The van der Waals surface area contributed by atoms with E-state index in [1.165, 1.54) is 0 Å². The molecule has 0 unspecified atom stereocenters. The van der Waals surface area contributed by atoms with Gasteiger partial charge >= 0.3 is 0 Å². The molecular weight excluding hydrogens is 274 g/mol. The molecule has 0 aromatic heterocycles. The van der Waals surface area contributed by atoms with Crippen molar-refractivity contribution in [2.45, 2.75) is 43.6 Å². The van der Waals surface area contributed by atoms with Crippen LogP contribution in [0.2, 0.25) is 0 Å². The number of rotatable bonds is 5. The van der Waals surface area contributed by atoms with Crippen LogP contribution >= 0.6 is 0 Å². The van der Waals surface area contributed by atoms with Crippen molar-refractivity contribution in [1.29, 1.82) is 0 Å². The summed E-state index contributed by atoms with van der Waals surface area (Å²) in [5.41, 5.74) is 0.950. The van der Waals surface area contributed by atoms with Crippen molar-refractivity contribution in [3.63, 3.8) is 0 Å². The molecule has 2 rings (SSSR count). The van der Waals surface area contributed by atoms with Gasteiger partial charge in [-0.3, -0.25) is 0 Å². The number of benzene rings is 1. The monoisotopic (exact) mass is 297 g/mol. The van der Waals surface area contributed by atoms with Crippen LogP contribution in [-0.2, 0) is 9.84 Å². The maximum absolute atomic E-state index is 11.7. The molecule has 20 heavy (non-hydrogen) atoms. The Labute approximate surface area is 121 Å². The van der Waals surface area contributed by atoms with Crippen molar-refractivity contribution in [2.24, 2.45) is 5.92 Å². The SMILES string of the molecule is CCS(=O)(=O)c1ccc(NCC2CCC(O)CC2)cc1. The van der Waals surface area contributed by atoms with Gasteiger partial charge in [0.05, 0.1) is 16.8 Å². The smallest absolute Gasteiger partial charge is 0.178 e. The van der Waals surface area contributed by atoms with E-state index in [1.807, 2.05) is 12.1 Å². The van der Waals surface area contributed by atoms with E-state index in [1.54, 1.807) is 19.1 Å². The Balaban J connectivity index is 1.88. The van der Waals surface area contributed by atoms with E-state index in [4.69, 9.17) is 0 Å². The second-order valence-electron chi connectivity index (χ2n) is 5.48. The molecule has 1 aliphatic rings. The molecule has 0 radical (unpaired) electrons. The molecule has 1 fully saturated rings. The van der Waals surface area contributed by atoms with Crippen molar-refractivity contribution < 1.29 is 13.5 Å². The second-order valence-corrected chi connectivity index (χ2v) is 7.76. The third kappa shape index (κ3) is 3.96. The second kappa shape index (κ2) is 6.59. The van der Waals surface area contributed by atoms with E-state index in [2.05, 4.69) is 5.32 Å². The van der Waals surface area contributed by atoms with Crippen LogP contribution in [0.1, 0.15) is 32.6 Å². The number of nitrogens with one attached hydrogen (secondary N) is 1. The molecule has 4 nitrogen and oxygen atoms in total. The Morgan fingerprint density at radius 1 is 1.15 bits per heavy atom. The Bertz CT molecular complexity index is 517. The summed E-state index contributed by atoms with van der Waals surface area (Å²) in [6, 6.07) is 6.96. The molecule has 0 atom stereocenters. The largest absolute Gasteiger partial charge is 0.393 e. The zero-order valence-corrected chi connectivity index (χ0v) is 12.7. The van der Waals surface area contributed by atoms with Gasteiger partial charge in [0.25, 0.3) is 0 Å². The summed E-state index contributed by atoms with van der Waals surface area (Å²) >= 11 is 0. The van der Waals surface area contributed by atoms with E-state index in [9.17, 15) is 13.5 Å². The summed E-state index contributed by atoms with van der Waals surface area (Å²) in [4.78, 5) is 0.381. The number of aliphatic hydroxyl groups is 1. The van der Waals surface area contributed by atoms with Gasteiger partial charge in [-0.05, 0) is 55.9 Å². The molecule has 112 valence electrons. The fourth-order valence-electron chi connectivity index (χ4n) is 2.56. The van der Waals surface area contributed by atoms with Crippen LogP contribution in [0.4, 0.5) is 5.69 Å². The standard InChI is InChI=1S/C15H23NO3S/c1-2-20(18,19)15-9-5-13(6-10-15)16-11-12-3-7-14(17)8-4-12/h5-6,9-10,12,14,16-17H,2-4,7-8,11H2,1H3. The summed E-state index contributed by atoms with van der Waals surface area (Å²) in [7, 11) is -3.11. The quantitative estimate of drug-likeness (QED) is 0.876. The topological polar surface area (TPSA) is 66.4 Å². The summed E-state index contributed by atoms with van der Waals surface area (Å²) < 4.78 is 23.4. The number of hydrogen-bond donors (Lipinski definition) is 2. The van der Waals surface area contributed by atoms with Gasteiger partial charge in [-0.1, -0.05) is 6.92 Å². The van der Waals surface area contributed by atoms with Crippen LogP contribution < -0.4 is 5.32 Å². The summed E-state index contributed by atoms with van der Waals surface area (Å²) in [6.45, 7) is 2.53. The first-order chi connectivity index (χ1) is 9.51. The summed E-state index contributed by atoms with van der Waals surface area (Å²) in [5.74, 6) is 0.724. The predicted molar refractivity (Wildman–Crippen MR) is 80.6 cm³/mol. The third-order valence-corrected chi connectivity index (χ3v) is 5.76. The highest BCUT2D eigenvalue weighted by Gasteiger charge is 2.19. The van der Waals surface area contributed by atoms with Gasteiger partial charge in [0.15, 0.2) is 9.84 Å². The molecule has 0 spiro atoms. The van der Waals surface area contributed by atoms with Crippen molar-refractivity contribution in [3.05, 3.63) is 24.3 Å². The highest BCUT2D eigenvalue weighted by molar-refractivity contribution is 7.91. The third-order valence-electron chi connectivity index (χ3n) is 4.00. The maximum Gasteiger partial charge on any atom is 0.178 e. The molecule has 0 saturated heterocycles. The van der Waals surface area contributed by atoms with Crippen molar-refractivity contribution in [1.82, 2.24) is 0 Å². The minimum atomic E-state index is -3.11. The number of hydrogen-bond acceptors (Lipinski definition) is 4. The Morgan fingerprint density at radius 2 is 1.75 bits per heavy atom. The first kappa shape index (κ1) is 15.3. The van der Waals surface area contributed by atoms with Crippen LogP contribution in [0.5, 0.6) is 0 Å². The van der Waals surface area contributed by atoms with Crippen LogP contribution in [0.15, 0.2) is 29.2 Å². The van der Waals surface area contributed by atoms with Crippen LogP contribution in [-0.4, -0.2) is 31.9 Å². The van der Waals surface area contributed by atoms with Crippen LogP contribution in [0, 0.1) is 5.92 Å². The van der Waals surface area contributed by atoms with Crippen molar-refractivity contribution in [2.75, 3.05) is 17.6 Å². The summed E-state index contributed by atoms with van der Waals surface area (Å²) in [6.07, 6.45) is 3.76. The van der Waals surface area contributed by atoms with Gasteiger partial charge in [0.1, 0.15) is 0 Å². The van der Waals surface area contributed by atoms with Crippen LogP contribution in [0.25, 0.3) is 0 Å². The molecule has 1 aromatic rings. The lowest BCUT2D eigenvalue weighted by Crippen LogP contribution is -2.23. The zero-order valence-electron chi connectivity index (χ0n) is 11.9. The average molecular weight is 297 g/mol. The van der Waals surface area contributed by atoms with E-state index in [-0.39, 0.29) is 11.9 Å². The highest BCUT2D eigenvalue weighted by atomic mass is 32.2. The molecule has 0 bridgehead atoms. The lowest BCUT2D eigenvalue weighted by Gasteiger charge is -2.25. The Morgan fingerprint density at radius 3 is 2.30 bits per heavy atom. The number of aliphatic hydroxyl groups excluding tert-OH is 1. The number of anilines is 1. The highest BCUT2D eigenvalue weighted by Crippen LogP contribution is 2.24. The zero-order chi connectivity index (χ0) is 14.6. The molecule has 1 aliphatic carbocycles. The first-order valence-electron chi connectivity index (χ1n) is 7.26. The van der Waals surface area contributed by atoms with E-state index in [0.29, 0.717) is 10.8 Å². The van der Waals surface area contributed by atoms with Gasteiger partial charge in [0.2, 0.25) is 0 Å². The molecule has 0 heterocycles. The van der Waals surface area contributed by atoms with Crippen LogP contribution in [0.3, 0.4) is 0 Å². The van der Waals surface area contributed by atoms with E-state index < -0.39 is 9.84 Å². The van der Waals surface area contributed by atoms with E-state index in [0.717, 1.165) is 37.9 Å². The Kier molecular flexibility index (Phi) is 5.05. The molecule has 0 amide bonds. The molecule has 2 N–H and O–H groups in total. The lowest BCUT2D eigenvalue weighted by molar-refractivity contribution is 0.111. The first-order valence-corrected chi connectivity index (χ1v) is 8.91. The van der Waals surface area contributed by atoms with Gasteiger partial charge in [-0.15, -0.1) is 0 Å². The van der Waals surface area contributed by atoms with Gasteiger partial charge in [0, 0.05) is 12.2 Å². The molecular formula is C15H23NO3S. The molecule has 1 aromatic carbocycles. The van der Waals surface area contributed by atoms with Gasteiger partial charge in [-0.2, -0.15) is 0 Å². The summed E-state index contributed by atoms with van der Waals surface area (Å²) in [5, 5.41) is 12.8. The minimum Gasteiger partial charge on any atom is -0.393 e. The fraction of sp³-hybridized carbons (Fsp3) is 0.600. The lowest BCUT2D eigenvalue weighted by atomic mass is 9.87. The van der Waals surface area contributed by atoms with Gasteiger partial charge in [-0.25, -0.2) is 8.42 Å². The van der Waals surface area contributed by atoms with Gasteiger partial charge < -0.3 is 10.4 Å². The normalized spacial score (nSPS) is 23.5. The van der Waals surface area contributed by atoms with E-state index >= 15 is 0 Å². The molecule has 0 aliphatic heterocycles. The average Bonchev–Trinajstić information content (AvgIpc) is 2.47. The molecule has 1 saturated carbocycles.